The molecule has 0 aromatic rings. The maximum atomic E-state index is 11.3. The molecule has 1 aliphatic heterocycles. The Labute approximate surface area is 85.4 Å². The van der Waals surface area contributed by atoms with Crippen LogP contribution in [0.25, 0.3) is 0 Å². The number of rotatable bonds is 3. The summed E-state index contributed by atoms with van der Waals surface area (Å²) < 4.78 is 5.41. The predicted molar refractivity (Wildman–Crippen MR) is 55.2 cm³/mol. The van der Waals surface area contributed by atoms with E-state index in [1.807, 2.05) is 13.8 Å². The van der Waals surface area contributed by atoms with Gasteiger partial charge in [0.25, 0.3) is 0 Å². The fourth-order valence-corrected chi connectivity index (χ4v) is 1.58. The third-order valence-electron chi connectivity index (χ3n) is 2.48. The molecule has 2 unspecified atom stereocenters. The summed E-state index contributed by atoms with van der Waals surface area (Å²) in [4.78, 5) is 11.3. The number of nitrogens with one attached hydrogen (secondary N) is 2. The Hall–Kier alpha value is -0.770. The highest BCUT2D eigenvalue weighted by molar-refractivity contribution is 5.74. The molecule has 0 saturated carbocycles. The van der Waals surface area contributed by atoms with Crippen molar-refractivity contribution in [2.75, 3.05) is 13.2 Å². The Morgan fingerprint density at radius 3 is 2.79 bits per heavy atom. The van der Waals surface area contributed by atoms with Gasteiger partial charge >= 0.3 is 6.03 Å². The molecule has 82 valence electrons. The second-order valence-electron chi connectivity index (χ2n) is 4.13. The van der Waals surface area contributed by atoms with Gasteiger partial charge in [-0.2, -0.15) is 0 Å². The van der Waals surface area contributed by atoms with Gasteiger partial charge in [-0.3, -0.25) is 0 Å². The van der Waals surface area contributed by atoms with Crippen LogP contribution in [-0.4, -0.2) is 31.3 Å². The van der Waals surface area contributed by atoms with Crippen molar-refractivity contribution in [3.63, 3.8) is 0 Å². The molecule has 1 heterocycles. The lowest BCUT2D eigenvalue weighted by molar-refractivity contribution is 0.106. The van der Waals surface area contributed by atoms with Crippen LogP contribution in [0.4, 0.5) is 4.79 Å². The van der Waals surface area contributed by atoms with Gasteiger partial charge in [-0.25, -0.2) is 4.79 Å². The molecule has 1 aliphatic rings. The minimum absolute atomic E-state index is 0.0842. The van der Waals surface area contributed by atoms with Crippen molar-refractivity contribution in [2.45, 2.75) is 39.3 Å². The van der Waals surface area contributed by atoms with E-state index in [1.54, 1.807) is 0 Å². The molecule has 1 fully saturated rings. The largest absolute Gasteiger partial charge is 0.378 e. The zero-order valence-corrected chi connectivity index (χ0v) is 9.17. The summed E-state index contributed by atoms with van der Waals surface area (Å²) in [6, 6.07) is 0.103. The first kappa shape index (κ1) is 11.3. The quantitative estimate of drug-likeness (QED) is 0.717. The number of urea groups is 1. The first-order valence-corrected chi connectivity index (χ1v) is 5.25. The molecule has 0 radical (unpaired) electrons. The summed E-state index contributed by atoms with van der Waals surface area (Å²) in [7, 11) is 0. The molecule has 2 amide bonds. The predicted octanol–water partition coefficient (Wildman–Crippen LogP) is 1.12. The van der Waals surface area contributed by atoms with Crippen molar-refractivity contribution in [1.29, 1.82) is 0 Å². The summed E-state index contributed by atoms with van der Waals surface area (Å²) in [5.41, 5.74) is 0. The van der Waals surface area contributed by atoms with Crippen LogP contribution in [0, 0.1) is 5.92 Å². The van der Waals surface area contributed by atoms with Crippen LogP contribution in [0.5, 0.6) is 0 Å². The lowest BCUT2D eigenvalue weighted by atomic mass is 10.0. The molecular weight excluding hydrogens is 180 g/mol. The van der Waals surface area contributed by atoms with Gasteiger partial charge in [0.1, 0.15) is 0 Å². The summed E-state index contributed by atoms with van der Waals surface area (Å²) in [6.45, 7) is 7.47. The van der Waals surface area contributed by atoms with Crippen molar-refractivity contribution >= 4 is 6.03 Å². The molecule has 14 heavy (non-hydrogen) atoms. The Kier molecular flexibility index (Phi) is 4.20. The number of hydrogen-bond acceptors (Lipinski definition) is 2. The van der Waals surface area contributed by atoms with E-state index < -0.39 is 0 Å². The lowest BCUT2D eigenvalue weighted by Crippen LogP contribution is -2.42. The van der Waals surface area contributed by atoms with Crippen LogP contribution in [0.1, 0.15) is 27.2 Å². The monoisotopic (exact) mass is 200 g/mol. The summed E-state index contributed by atoms with van der Waals surface area (Å²) in [5.74, 6) is 0.466. The van der Waals surface area contributed by atoms with E-state index in [0.717, 1.165) is 13.0 Å². The molecule has 0 spiro atoms. The van der Waals surface area contributed by atoms with Gasteiger partial charge in [0.2, 0.25) is 0 Å². The Balaban J connectivity index is 2.16. The zero-order valence-electron chi connectivity index (χ0n) is 9.17. The summed E-state index contributed by atoms with van der Waals surface area (Å²) >= 11 is 0. The van der Waals surface area contributed by atoms with Gasteiger partial charge in [0, 0.05) is 25.1 Å². The van der Waals surface area contributed by atoms with Crippen LogP contribution in [0.15, 0.2) is 0 Å². The first-order chi connectivity index (χ1) is 6.59. The van der Waals surface area contributed by atoms with Crippen molar-refractivity contribution in [2.24, 2.45) is 5.92 Å². The molecule has 2 atom stereocenters. The molecule has 4 nitrogen and oxygen atoms in total. The van der Waals surface area contributed by atoms with Crippen LogP contribution >= 0.6 is 0 Å². The van der Waals surface area contributed by atoms with E-state index in [9.17, 15) is 4.79 Å². The molecular formula is C10H20N2O2. The average molecular weight is 200 g/mol. The van der Waals surface area contributed by atoms with E-state index in [-0.39, 0.29) is 18.2 Å². The van der Waals surface area contributed by atoms with E-state index in [2.05, 4.69) is 17.6 Å². The third kappa shape index (κ3) is 3.54. The van der Waals surface area contributed by atoms with Gasteiger partial charge in [-0.1, -0.05) is 0 Å². The normalized spacial score (nSPS) is 26.6. The number of amides is 2. The SMILES string of the molecule is CC(C)NC(=O)NCC1CCOC1C. The standard InChI is InChI=1S/C10H20N2O2/c1-7(2)12-10(13)11-6-9-4-5-14-8(9)3/h7-9H,4-6H2,1-3H3,(H2,11,12,13). The van der Waals surface area contributed by atoms with E-state index in [1.165, 1.54) is 0 Å². The van der Waals surface area contributed by atoms with E-state index in [4.69, 9.17) is 4.74 Å². The minimum Gasteiger partial charge on any atom is -0.378 e. The van der Waals surface area contributed by atoms with Crippen molar-refractivity contribution in [1.82, 2.24) is 10.6 Å². The van der Waals surface area contributed by atoms with Crippen LogP contribution < -0.4 is 10.6 Å². The number of carbonyl (C=O) groups is 1. The Bertz CT molecular complexity index is 195. The van der Waals surface area contributed by atoms with Gasteiger partial charge in [0.15, 0.2) is 0 Å². The lowest BCUT2D eigenvalue weighted by Gasteiger charge is -2.16. The second-order valence-corrected chi connectivity index (χ2v) is 4.13. The molecule has 0 aromatic heterocycles. The van der Waals surface area contributed by atoms with Crippen molar-refractivity contribution < 1.29 is 9.53 Å². The maximum Gasteiger partial charge on any atom is 0.314 e. The van der Waals surface area contributed by atoms with Gasteiger partial charge in [-0.15, -0.1) is 0 Å². The maximum absolute atomic E-state index is 11.3. The van der Waals surface area contributed by atoms with E-state index in [0.29, 0.717) is 12.5 Å². The fraction of sp³-hybridized carbons (Fsp3) is 0.900. The van der Waals surface area contributed by atoms with Gasteiger partial charge < -0.3 is 15.4 Å². The van der Waals surface area contributed by atoms with Gasteiger partial charge in [-0.05, 0) is 27.2 Å². The summed E-state index contributed by atoms with van der Waals surface area (Å²) in [5, 5.41) is 5.65. The number of carbonyl (C=O) groups excluding carboxylic acids is 1. The zero-order chi connectivity index (χ0) is 10.6. The second kappa shape index (κ2) is 5.20. The first-order valence-electron chi connectivity index (χ1n) is 5.25. The van der Waals surface area contributed by atoms with Crippen LogP contribution in [0.3, 0.4) is 0 Å². The van der Waals surface area contributed by atoms with Crippen molar-refractivity contribution in [3.05, 3.63) is 0 Å². The minimum atomic E-state index is -0.0842. The van der Waals surface area contributed by atoms with Crippen LogP contribution in [0.2, 0.25) is 0 Å². The highest BCUT2D eigenvalue weighted by atomic mass is 16.5. The molecule has 1 saturated heterocycles. The number of hydrogen-bond donors (Lipinski definition) is 2. The van der Waals surface area contributed by atoms with E-state index >= 15 is 0 Å². The highest BCUT2D eigenvalue weighted by Gasteiger charge is 2.24. The van der Waals surface area contributed by atoms with Crippen LogP contribution in [-0.2, 0) is 4.74 Å². The molecule has 0 aliphatic carbocycles. The van der Waals surface area contributed by atoms with Gasteiger partial charge in [0.05, 0.1) is 6.10 Å². The molecule has 0 aromatic carbocycles. The Morgan fingerprint density at radius 1 is 1.57 bits per heavy atom. The molecule has 4 heteroatoms. The topological polar surface area (TPSA) is 50.4 Å². The number of ether oxygens (including phenoxy) is 1. The fourth-order valence-electron chi connectivity index (χ4n) is 1.58. The molecule has 0 bridgehead atoms. The summed E-state index contributed by atoms with van der Waals surface area (Å²) in [6.07, 6.45) is 1.32. The smallest absolute Gasteiger partial charge is 0.314 e. The molecule has 1 rings (SSSR count). The highest BCUT2D eigenvalue weighted by Crippen LogP contribution is 2.18. The molecule has 2 N–H and O–H groups in total. The Morgan fingerprint density at radius 2 is 2.29 bits per heavy atom. The van der Waals surface area contributed by atoms with Crippen molar-refractivity contribution in [3.8, 4) is 0 Å². The average Bonchev–Trinajstić information content (AvgIpc) is 2.46. The third-order valence-corrected chi connectivity index (χ3v) is 2.48.